The monoisotopic (exact) mass is 378 g/mol. The molecule has 1 aliphatic heterocycles. The fourth-order valence-electron chi connectivity index (χ4n) is 3.17. The minimum atomic E-state index is -2.82. The number of ether oxygens (including phenoxy) is 1. The molecule has 0 saturated carbocycles. The smallest absolute Gasteiger partial charge is 0.387 e. The van der Waals surface area contributed by atoms with Gasteiger partial charge in [0.25, 0.3) is 0 Å². The van der Waals surface area contributed by atoms with Crippen molar-refractivity contribution >= 4 is 5.96 Å². The highest BCUT2D eigenvalue weighted by Crippen LogP contribution is 2.16. The largest absolute Gasteiger partial charge is 0.435 e. The summed E-state index contributed by atoms with van der Waals surface area (Å²) in [6.45, 7) is -0.733. The van der Waals surface area contributed by atoms with E-state index in [4.69, 9.17) is 0 Å². The van der Waals surface area contributed by atoms with Gasteiger partial charge in [0.2, 0.25) is 0 Å². The maximum atomic E-state index is 12.2. The minimum absolute atomic E-state index is 0.149. The van der Waals surface area contributed by atoms with Crippen molar-refractivity contribution in [2.45, 2.75) is 45.5 Å². The number of nitrogens with one attached hydrogen (secondary N) is 1. The van der Waals surface area contributed by atoms with E-state index in [9.17, 15) is 8.78 Å². The number of rotatable bonds is 6. The Labute approximate surface area is 157 Å². The molecule has 1 aromatic carbocycles. The lowest BCUT2D eigenvalue weighted by molar-refractivity contribution is -0.0498. The molecule has 0 aliphatic carbocycles. The third-order valence-corrected chi connectivity index (χ3v) is 4.48. The Bertz CT molecular complexity index is 775. The predicted molar refractivity (Wildman–Crippen MR) is 97.7 cm³/mol. The van der Waals surface area contributed by atoms with Gasteiger partial charge in [0.1, 0.15) is 11.6 Å². The Morgan fingerprint density at radius 2 is 2.07 bits per heavy atom. The number of guanidine groups is 1. The minimum Gasteiger partial charge on any atom is -0.435 e. The van der Waals surface area contributed by atoms with E-state index in [1.54, 1.807) is 19.2 Å². The van der Waals surface area contributed by atoms with Crippen molar-refractivity contribution in [2.24, 2.45) is 4.99 Å². The molecule has 0 atom stereocenters. The SMILES string of the molecule is CN=C(NCc1nnc2n1CCCC2)N(C)Cc1ccc(OC(F)F)cc1. The number of nitrogens with zero attached hydrogens (tertiary/aromatic N) is 5. The van der Waals surface area contributed by atoms with E-state index in [0.717, 1.165) is 49.0 Å². The van der Waals surface area contributed by atoms with Gasteiger partial charge < -0.3 is 19.5 Å². The van der Waals surface area contributed by atoms with E-state index in [-0.39, 0.29) is 5.75 Å². The normalized spacial score (nSPS) is 14.2. The molecule has 0 saturated heterocycles. The van der Waals surface area contributed by atoms with Crippen LogP contribution in [0.2, 0.25) is 0 Å². The number of aromatic nitrogens is 3. The number of aryl methyl sites for hydroxylation is 1. The Hall–Kier alpha value is -2.71. The third-order valence-electron chi connectivity index (χ3n) is 4.48. The first kappa shape index (κ1) is 19.1. The molecule has 0 bridgehead atoms. The van der Waals surface area contributed by atoms with Crippen LogP contribution in [0.1, 0.15) is 30.1 Å². The van der Waals surface area contributed by atoms with Gasteiger partial charge in [-0.25, -0.2) is 0 Å². The molecular weight excluding hydrogens is 354 g/mol. The highest BCUT2D eigenvalue weighted by atomic mass is 19.3. The molecular formula is C18H24F2N6O. The molecule has 3 rings (SSSR count). The first-order valence-electron chi connectivity index (χ1n) is 8.93. The third kappa shape index (κ3) is 4.93. The van der Waals surface area contributed by atoms with Gasteiger partial charge in [-0.3, -0.25) is 4.99 Å². The van der Waals surface area contributed by atoms with Crippen LogP contribution in [0.5, 0.6) is 5.75 Å². The van der Waals surface area contributed by atoms with Crippen molar-refractivity contribution in [1.82, 2.24) is 25.0 Å². The predicted octanol–water partition coefficient (Wildman–Crippen LogP) is 2.42. The molecule has 1 N–H and O–H groups in total. The summed E-state index contributed by atoms with van der Waals surface area (Å²) < 4.78 is 31.0. The van der Waals surface area contributed by atoms with Crippen molar-refractivity contribution in [3.63, 3.8) is 0 Å². The van der Waals surface area contributed by atoms with Gasteiger partial charge in [0, 0.05) is 33.6 Å². The molecule has 7 nitrogen and oxygen atoms in total. The average Bonchev–Trinajstić information content (AvgIpc) is 3.07. The fourth-order valence-corrected chi connectivity index (χ4v) is 3.17. The molecule has 27 heavy (non-hydrogen) atoms. The van der Waals surface area contributed by atoms with Gasteiger partial charge in [-0.1, -0.05) is 12.1 Å². The summed E-state index contributed by atoms with van der Waals surface area (Å²) in [5.74, 6) is 2.83. The Kier molecular flexibility index (Phi) is 6.20. The highest BCUT2D eigenvalue weighted by molar-refractivity contribution is 5.79. The summed E-state index contributed by atoms with van der Waals surface area (Å²) in [6.07, 6.45) is 3.29. The number of alkyl halides is 2. The molecule has 2 heterocycles. The number of benzene rings is 1. The van der Waals surface area contributed by atoms with Gasteiger partial charge in [0.05, 0.1) is 6.54 Å². The second kappa shape index (κ2) is 8.79. The second-order valence-corrected chi connectivity index (χ2v) is 6.42. The summed E-state index contributed by atoms with van der Waals surface area (Å²) in [6, 6.07) is 6.59. The number of hydrogen-bond donors (Lipinski definition) is 1. The summed E-state index contributed by atoms with van der Waals surface area (Å²) in [5.41, 5.74) is 0.960. The van der Waals surface area contributed by atoms with Gasteiger partial charge in [-0.15, -0.1) is 10.2 Å². The van der Waals surface area contributed by atoms with Crippen molar-refractivity contribution in [1.29, 1.82) is 0 Å². The Morgan fingerprint density at radius 3 is 2.78 bits per heavy atom. The van der Waals surface area contributed by atoms with E-state index in [2.05, 4.69) is 29.8 Å². The van der Waals surface area contributed by atoms with Crippen molar-refractivity contribution in [2.75, 3.05) is 14.1 Å². The topological polar surface area (TPSA) is 67.6 Å². The molecule has 2 aromatic rings. The van der Waals surface area contributed by atoms with E-state index >= 15 is 0 Å². The molecule has 1 aliphatic rings. The maximum Gasteiger partial charge on any atom is 0.387 e. The average molecular weight is 378 g/mol. The van der Waals surface area contributed by atoms with Crippen LogP contribution in [0.4, 0.5) is 8.78 Å². The number of halogens is 2. The van der Waals surface area contributed by atoms with Gasteiger partial charge >= 0.3 is 6.61 Å². The van der Waals surface area contributed by atoms with E-state index in [0.29, 0.717) is 13.1 Å². The molecule has 0 radical (unpaired) electrons. The van der Waals surface area contributed by atoms with Crippen LogP contribution in [-0.4, -0.2) is 46.3 Å². The zero-order chi connectivity index (χ0) is 19.2. The Balaban J connectivity index is 1.56. The summed E-state index contributed by atoms with van der Waals surface area (Å²) in [4.78, 5) is 6.26. The lowest BCUT2D eigenvalue weighted by Crippen LogP contribution is -2.38. The molecule has 146 valence electrons. The van der Waals surface area contributed by atoms with Gasteiger partial charge in [-0.05, 0) is 30.5 Å². The molecule has 0 spiro atoms. The lowest BCUT2D eigenvalue weighted by Gasteiger charge is -2.22. The molecule has 0 unspecified atom stereocenters. The zero-order valence-electron chi connectivity index (χ0n) is 15.5. The molecule has 1 aromatic heterocycles. The fraction of sp³-hybridized carbons (Fsp3) is 0.500. The van der Waals surface area contributed by atoms with E-state index in [1.165, 1.54) is 12.1 Å². The van der Waals surface area contributed by atoms with Crippen molar-refractivity contribution in [3.8, 4) is 5.75 Å². The molecule has 0 fully saturated rings. The number of fused-ring (bicyclic) bond motifs is 1. The standard InChI is InChI=1S/C18H24F2N6O/c1-21-18(22-11-16-24-23-15-5-3-4-10-26(15)16)25(2)12-13-6-8-14(9-7-13)27-17(19)20/h6-9,17H,3-5,10-12H2,1-2H3,(H,21,22). The molecule has 9 heteroatoms. The van der Waals surface area contributed by atoms with Gasteiger partial charge in [-0.2, -0.15) is 8.78 Å². The van der Waals surface area contributed by atoms with Crippen LogP contribution >= 0.6 is 0 Å². The van der Waals surface area contributed by atoms with Crippen molar-refractivity contribution < 1.29 is 13.5 Å². The lowest BCUT2D eigenvalue weighted by atomic mass is 10.2. The number of hydrogen-bond acceptors (Lipinski definition) is 4. The maximum absolute atomic E-state index is 12.2. The first-order chi connectivity index (χ1) is 13.1. The summed E-state index contributed by atoms with van der Waals surface area (Å²) >= 11 is 0. The zero-order valence-corrected chi connectivity index (χ0v) is 15.5. The quantitative estimate of drug-likeness (QED) is 0.618. The van der Waals surface area contributed by atoms with Crippen LogP contribution in [0.25, 0.3) is 0 Å². The Morgan fingerprint density at radius 1 is 1.30 bits per heavy atom. The van der Waals surface area contributed by atoms with Gasteiger partial charge in [0.15, 0.2) is 11.8 Å². The van der Waals surface area contributed by atoms with E-state index < -0.39 is 6.61 Å². The molecule has 0 amide bonds. The highest BCUT2D eigenvalue weighted by Gasteiger charge is 2.16. The van der Waals surface area contributed by atoms with E-state index in [1.807, 2.05) is 11.9 Å². The number of aliphatic imine (C=N–C) groups is 1. The van der Waals surface area contributed by atoms with Crippen LogP contribution < -0.4 is 10.1 Å². The first-order valence-corrected chi connectivity index (χ1v) is 8.93. The van der Waals surface area contributed by atoms with Crippen LogP contribution in [0.15, 0.2) is 29.3 Å². The summed E-state index contributed by atoms with van der Waals surface area (Å²) in [5, 5.41) is 11.8. The van der Waals surface area contributed by atoms with Crippen molar-refractivity contribution in [3.05, 3.63) is 41.5 Å². The van der Waals surface area contributed by atoms with Crippen LogP contribution in [0.3, 0.4) is 0 Å². The second-order valence-electron chi connectivity index (χ2n) is 6.42. The van der Waals surface area contributed by atoms with Crippen LogP contribution in [-0.2, 0) is 26.1 Å². The summed E-state index contributed by atoms with van der Waals surface area (Å²) in [7, 11) is 3.63. The van der Waals surface area contributed by atoms with Crippen LogP contribution in [0, 0.1) is 0 Å².